The molecule has 0 saturated carbocycles. The molecule has 56 heavy (non-hydrogen) atoms. The van der Waals surface area contributed by atoms with Crippen LogP contribution in [0.25, 0.3) is 0 Å². The van der Waals surface area contributed by atoms with Gasteiger partial charge in [0.05, 0.1) is 18.8 Å². The van der Waals surface area contributed by atoms with Crippen LogP contribution < -0.4 is 5.32 Å². The van der Waals surface area contributed by atoms with E-state index in [1.54, 1.807) is 0 Å². The van der Waals surface area contributed by atoms with Crippen LogP contribution in [0.3, 0.4) is 0 Å². The van der Waals surface area contributed by atoms with Crippen LogP contribution in [0.5, 0.6) is 0 Å². The number of allylic oxidation sites excluding steroid dienone is 2. The van der Waals surface area contributed by atoms with Crippen molar-refractivity contribution in [1.82, 2.24) is 5.32 Å². The lowest BCUT2D eigenvalue weighted by Gasteiger charge is -2.22. The number of aliphatic hydroxyl groups is 2. The van der Waals surface area contributed by atoms with Crippen molar-refractivity contribution in [2.75, 3.05) is 6.61 Å². The minimum absolute atomic E-state index is 0.0304. The highest BCUT2D eigenvalue weighted by Gasteiger charge is 2.20. The zero-order valence-electron chi connectivity index (χ0n) is 38.4. The first kappa shape index (κ1) is 55.1. The second kappa shape index (κ2) is 48.5. The number of carbonyl (C=O) groups excluding carboxylic acids is 1. The minimum Gasteiger partial charge on any atom is -0.394 e. The van der Waals surface area contributed by atoms with Gasteiger partial charge in [0.2, 0.25) is 5.91 Å². The van der Waals surface area contributed by atoms with Crippen LogP contribution in [0.1, 0.15) is 296 Å². The Balaban J connectivity index is 3.46. The molecule has 0 spiro atoms. The molecular formula is C52H103NO3. The molecule has 0 aliphatic rings. The largest absolute Gasteiger partial charge is 0.394 e. The lowest BCUT2D eigenvalue weighted by Crippen LogP contribution is -2.45. The Morgan fingerprint density at radius 2 is 0.679 bits per heavy atom. The van der Waals surface area contributed by atoms with Crippen LogP contribution in [0.4, 0.5) is 0 Å². The molecule has 0 aromatic rings. The number of carbonyl (C=O) groups is 1. The molecule has 1 amide bonds. The van der Waals surface area contributed by atoms with E-state index in [0.29, 0.717) is 12.8 Å². The summed E-state index contributed by atoms with van der Waals surface area (Å²) < 4.78 is 0. The van der Waals surface area contributed by atoms with Gasteiger partial charge in [-0.1, -0.05) is 264 Å². The highest BCUT2D eigenvalue weighted by atomic mass is 16.3. The van der Waals surface area contributed by atoms with Crippen molar-refractivity contribution < 1.29 is 15.0 Å². The molecule has 0 aliphatic carbocycles. The fourth-order valence-corrected chi connectivity index (χ4v) is 8.30. The first-order valence-corrected chi connectivity index (χ1v) is 25.9. The summed E-state index contributed by atoms with van der Waals surface area (Å²) in [6, 6.07) is -0.536. The first-order valence-electron chi connectivity index (χ1n) is 25.9. The van der Waals surface area contributed by atoms with E-state index in [9.17, 15) is 15.0 Å². The van der Waals surface area contributed by atoms with Crippen molar-refractivity contribution in [2.45, 2.75) is 309 Å². The number of hydrogen-bond acceptors (Lipinski definition) is 3. The van der Waals surface area contributed by atoms with Crippen LogP contribution in [-0.2, 0) is 4.79 Å². The van der Waals surface area contributed by atoms with Crippen LogP contribution in [0, 0.1) is 0 Å². The van der Waals surface area contributed by atoms with Gasteiger partial charge in [0.15, 0.2) is 0 Å². The third-order valence-electron chi connectivity index (χ3n) is 12.3. The Labute approximate surface area is 352 Å². The monoisotopic (exact) mass is 790 g/mol. The molecule has 2 atom stereocenters. The molecule has 0 aromatic heterocycles. The zero-order valence-corrected chi connectivity index (χ0v) is 38.4. The normalized spacial score (nSPS) is 12.9. The molecule has 0 heterocycles. The number of rotatable bonds is 48. The van der Waals surface area contributed by atoms with Crippen molar-refractivity contribution in [3.05, 3.63) is 12.2 Å². The number of aliphatic hydroxyl groups excluding tert-OH is 2. The molecule has 0 aromatic carbocycles. The lowest BCUT2D eigenvalue weighted by atomic mass is 10.0. The van der Waals surface area contributed by atoms with E-state index in [0.717, 1.165) is 25.7 Å². The summed E-state index contributed by atoms with van der Waals surface area (Å²) in [6.45, 7) is 4.39. The first-order chi connectivity index (χ1) is 27.7. The van der Waals surface area contributed by atoms with Gasteiger partial charge in [-0.3, -0.25) is 4.79 Å². The summed E-state index contributed by atoms with van der Waals surface area (Å²) in [6.07, 6.45) is 61.8. The van der Waals surface area contributed by atoms with E-state index < -0.39 is 12.1 Å². The van der Waals surface area contributed by atoms with E-state index in [-0.39, 0.29) is 12.5 Å². The average molecular weight is 790 g/mol. The van der Waals surface area contributed by atoms with E-state index in [4.69, 9.17) is 0 Å². The van der Waals surface area contributed by atoms with Gasteiger partial charge in [-0.05, 0) is 38.5 Å². The number of amides is 1. The number of hydrogen-bond donors (Lipinski definition) is 3. The zero-order chi connectivity index (χ0) is 40.7. The number of nitrogens with one attached hydrogen (secondary N) is 1. The van der Waals surface area contributed by atoms with Crippen LogP contribution in [-0.4, -0.2) is 34.9 Å². The second-order valence-electron chi connectivity index (χ2n) is 17.9. The molecule has 0 fully saturated rings. The lowest BCUT2D eigenvalue weighted by molar-refractivity contribution is -0.123. The van der Waals surface area contributed by atoms with E-state index in [1.165, 1.54) is 244 Å². The summed E-state index contributed by atoms with van der Waals surface area (Å²) in [5.41, 5.74) is 0. The smallest absolute Gasteiger partial charge is 0.220 e. The van der Waals surface area contributed by atoms with Gasteiger partial charge < -0.3 is 15.5 Å². The fourth-order valence-electron chi connectivity index (χ4n) is 8.30. The van der Waals surface area contributed by atoms with Gasteiger partial charge in [0.25, 0.3) is 0 Å². The van der Waals surface area contributed by atoms with Gasteiger partial charge in [-0.25, -0.2) is 0 Å². The molecular weight excluding hydrogens is 687 g/mol. The second-order valence-corrected chi connectivity index (χ2v) is 17.9. The Kier molecular flexibility index (Phi) is 47.7. The molecule has 4 nitrogen and oxygen atoms in total. The van der Waals surface area contributed by atoms with Crippen molar-refractivity contribution in [2.24, 2.45) is 0 Å². The molecule has 0 rings (SSSR count). The molecule has 334 valence electrons. The average Bonchev–Trinajstić information content (AvgIpc) is 3.20. The van der Waals surface area contributed by atoms with Crippen molar-refractivity contribution in [1.29, 1.82) is 0 Å². The summed E-state index contributed by atoms with van der Waals surface area (Å²) >= 11 is 0. The van der Waals surface area contributed by atoms with Gasteiger partial charge in [0.1, 0.15) is 0 Å². The third kappa shape index (κ3) is 44.2. The summed E-state index contributed by atoms with van der Waals surface area (Å²) in [5, 5.41) is 23.3. The molecule has 0 saturated heterocycles. The highest BCUT2D eigenvalue weighted by molar-refractivity contribution is 5.76. The third-order valence-corrected chi connectivity index (χ3v) is 12.3. The van der Waals surface area contributed by atoms with Crippen LogP contribution in [0.2, 0.25) is 0 Å². The van der Waals surface area contributed by atoms with E-state index in [2.05, 4.69) is 31.3 Å². The quantitative estimate of drug-likeness (QED) is 0.0425. The van der Waals surface area contributed by atoms with Crippen LogP contribution >= 0.6 is 0 Å². The standard InChI is InChI=1S/C52H103NO3/c1-3-5-7-9-11-13-15-17-19-21-23-25-26-28-30-32-34-36-38-40-42-44-46-48-52(56)53-50(49-54)51(55)47-45-43-41-39-37-35-33-31-29-27-24-22-20-18-16-14-12-10-8-6-4-2/h28,30,50-51,54-55H,3-27,29,31-49H2,1-2H3,(H,53,56)/b30-28-. The van der Waals surface area contributed by atoms with Crippen molar-refractivity contribution in [3.8, 4) is 0 Å². The minimum atomic E-state index is -0.659. The van der Waals surface area contributed by atoms with Gasteiger partial charge in [-0.2, -0.15) is 0 Å². The Morgan fingerprint density at radius 3 is 0.982 bits per heavy atom. The van der Waals surface area contributed by atoms with Gasteiger partial charge in [-0.15, -0.1) is 0 Å². The highest BCUT2D eigenvalue weighted by Crippen LogP contribution is 2.17. The van der Waals surface area contributed by atoms with Gasteiger partial charge in [0, 0.05) is 6.42 Å². The predicted octanol–water partition coefficient (Wildman–Crippen LogP) is 16.6. The Bertz CT molecular complexity index is 769. The van der Waals surface area contributed by atoms with Gasteiger partial charge >= 0.3 is 0 Å². The topological polar surface area (TPSA) is 69.6 Å². The molecule has 2 unspecified atom stereocenters. The molecule has 0 radical (unpaired) electrons. The maximum absolute atomic E-state index is 12.5. The summed E-state index contributed by atoms with van der Waals surface area (Å²) in [4.78, 5) is 12.5. The molecule has 0 bridgehead atoms. The summed E-state index contributed by atoms with van der Waals surface area (Å²) in [7, 11) is 0. The molecule has 4 heteroatoms. The number of unbranched alkanes of at least 4 members (excludes halogenated alkanes) is 39. The summed E-state index contributed by atoms with van der Waals surface area (Å²) in [5.74, 6) is -0.0304. The van der Waals surface area contributed by atoms with Crippen molar-refractivity contribution >= 4 is 5.91 Å². The predicted molar refractivity (Wildman–Crippen MR) is 249 cm³/mol. The maximum Gasteiger partial charge on any atom is 0.220 e. The van der Waals surface area contributed by atoms with Crippen molar-refractivity contribution in [3.63, 3.8) is 0 Å². The maximum atomic E-state index is 12.5. The Morgan fingerprint density at radius 1 is 0.411 bits per heavy atom. The molecule has 3 N–H and O–H groups in total. The Hall–Kier alpha value is -0.870. The van der Waals surface area contributed by atoms with E-state index in [1.807, 2.05) is 0 Å². The van der Waals surface area contributed by atoms with Crippen LogP contribution in [0.15, 0.2) is 12.2 Å². The van der Waals surface area contributed by atoms with E-state index >= 15 is 0 Å². The SMILES string of the molecule is CCCCCCCCCCCCCC/C=C\CCCCCCCCCC(=O)NC(CO)C(O)CCCCCCCCCCCCCCCCCCCCCCC. The fraction of sp³-hybridized carbons (Fsp3) is 0.942. The molecule has 0 aliphatic heterocycles.